The zero-order chi connectivity index (χ0) is 36.6. The Kier molecular flexibility index (Phi) is 13.2. The van der Waals surface area contributed by atoms with Crippen molar-refractivity contribution in [3.05, 3.63) is 74.1 Å². The van der Waals surface area contributed by atoms with Crippen LogP contribution in [0.3, 0.4) is 0 Å². The molecule has 1 saturated heterocycles. The van der Waals surface area contributed by atoms with Crippen LogP contribution in [-0.4, -0.2) is 105 Å². The van der Waals surface area contributed by atoms with E-state index in [2.05, 4.69) is 36.3 Å². The van der Waals surface area contributed by atoms with E-state index in [-0.39, 0.29) is 18.2 Å². The summed E-state index contributed by atoms with van der Waals surface area (Å²) in [5.41, 5.74) is -1.26. The van der Waals surface area contributed by atoms with Gasteiger partial charge in [-0.2, -0.15) is 0 Å². The number of imidazole rings is 1. The van der Waals surface area contributed by atoms with E-state index < -0.39 is 50.4 Å². The third-order valence-corrected chi connectivity index (χ3v) is 10.8. The number of ether oxygens (including phenoxy) is 3. The first-order valence-corrected chi connectivity index (χ1v) is 20.3. The van der Waals surface area contributed by atoms with Crippen LogP contribution in [0.25, 0.3) is 21.9 Å². The molecule has 1 aliphatic heterocycles. The minimum atomic E-state index is -4.38. The van der Waals surface area contributed by atoms with Crippen molar-refractivity contribution < 1.29 is 42.8 Å². The Morgan fingerprint density at radius 3 is 2.69 bits per heavy atom. The third-order valence-electron chi connectivity index (χ3n) is 8.22. The van der Waals surface area contributed by atoms with Gasteiger partial charge in [0.15, 0.2) is 0 Å². The quantitative estimate of drug-likeness (QED) is 0.0338. The second-order valence-electron chi connectivity index (χ2n) is 12.1. The predicted octanol–water partition coefficient (Wildman–Crippen LogP) is 4.52. The van der Waals surface area contributed by atoms with Crippen LogP contribution in [0.5, 0.6) is 11.6 Å². The molecule has 0 bridgehead atoms. The maximum atomic E-state index is 14.5. The van der Waals surface area contributed by atoms with Gasteiger partial charge in [-0.25, -0.2) is 0 Å². The van der Waals surface area contributed by atoms with Gasteiger partial charge in [0.1, 0.15) is 11.8 Å². The molecule has 51 heavy (non-hydrogen) atoms. The predicted molar refractivity (Wildman–Crippen MR) is 191 cm³/mol. The number of esters is 1. The van der Waals surface area contributed by atoms with Crippen LogP contribution >= 0.6 is 7.75 Å². The van der Waals surface area contributed by atoms with Gasteiger partial charge in [0, 0.05) is 5.39 Å². The van der Waals surface area contributed by atoms with Crippen molar-refractivity contribution in [2.45, 2.75) is 69.6 Å². The average molecular weight is 914 g/mol. The van der Waals surface area contributed by atoms with Crippen molar-refractivity contribution in [1.82, 2.24) is 24.6 Å². The number of anilines is 1. The van der Waals surface area contributed by atoms with Gasteiger partial charge < -0.3 is 4.74 Å². The first kappa shape index (κ1) is 38.8. The molecule has 3 heterocycles. The van der Waals surface area contributed by atoms with Crippen LogP contribution in [-0.2, 0) is 23.4 Å². The van der Waals surface area contributed by atoms with Crippen molar-refractivity contribution in [1.29, 1.82) is 0 Å². The molecule has 1 fully saturated rings. The average Bonchev–Trinajstić information content (AvgIpc) is 3.64. The Balaban J connectivity index is 1.38. The fourth-order valence-electron chi connectivity index (χ4n) is 5.49. The molecule has 6 atom stereocenters. The number of nitrogens with zero attached hydrogens (tertiary/aromatic N) is 4. The van der Waals surface area contributed by atoms with Gasteiger partial charge in [0.2, 0.25) is 0 Å². The number of fused-ring (bicyclic) bond motifs is 2. The van der Waals surface area contributed by atoms with Crippen LogP contribution in [0, 0.1) is 0 Å². The molecule has 0 aliphatic carbocycles. The summed E-state index contributed by atoms with van der Waals surface area (Å²) in [6.07, 6.45) is 3.83. The van der Waals surface area contributed by atoms with Crippen molar-refractivity contribution in [3.8, 4) is 11.6 Å². The first-order chi connectivity index (χ1) is 24.5. The number of carbonyl (C=O) groups excluding carboxylic acids is 1. The number of benzene rings is 2. The molecule has 3 unspecified atom stereocenters. The van der Waals surface area contributed by atoms with Crippen LogP contribution in [0.1, 0.15) is 45.8 Å². The molecule has 2 aromatic heterocycles. The minimum absolute atomic E-state index is 0.182. The second-order valence-corrected chi connectivity index (χ2v) is 14.9. The first-order valence-electron chi connectivity index (χ1n) is 16.5. The molecule has 0 amide bonds. The summed E-state index contributed by atoms with van der Waals surface area (Å²) in [6, 6.07) is 11.5. The van der Waals surface area contributed by atoms with Gasteiger partial charge in [-0.3, -0.25) is 4.79 Å². The number of aliphatic hydroxyl groups excluding tert-OH is 1. The number of nitrogens with one attached hydrogen (secondary N) is 2. The van der Waals surface area contributed by atoms with Crippen LogP contribution in [0.2, 0.25) is 0 Å². The maximum absolute atomic E-state index is 14.5. The van der Waals surface area contributed by atoms with Crippen LogP contribution in [0.15, 0.2) is 74.1 Å². The molecule has 0 radical (unpaired) electrons. The van der Waals surface area contributed by atoms with Gasteiger partial charge in [-0.1, -0.05) is 42.5 Å². The van der Waals surface area contributed by atoms with E-state index in [1.54, 1.807) is 30.4 Å². The molecule has 15 nitrogen and oxygen atoms in total. The van der Waals surface area contributed by atoms with Gasteiger partial charge in [-0.05, 0) is 37.6 Å². The molecule has 4 aromatic rings. The minimum Gasteiger partial charge on any atom is -0.0616 e. The van der Waals surface area contributed by atoms with Crippen LogP contribution in [0.4, 0.5) is 5.95 Å². The summed E-state index contributed by atoms with van der Waals surface area (Å²) >= 11 is 0.325. The number of hydrogen-bond acceptors (Lipinski definition) is 13. The smallest absolute Gasteiger partial charge is 0.0616 e. The fourth-order valence-corrected chi connectivity index (χ4v) is 7.51. The number of allylic oxidation sites excluding steroid dienone is 1. The molecule has 1 aliphatic rings. The number of hydrogen-bond donors (Lipinski definition) is 4. The third kappa shape index (κ3) is 9.14. The Bertz CT molecular complexity index is 1890. The SMILES string of the molecule is C=CCCCCOC(=O)[C@H](C)NP(=O)(OCC1OC(n2cnc3c(OCCC=C)nc([NH][Tl])nc32)[C@](C)(O)[C@@H]1O)Oc1cccc2ccccc12. The zero-order valence-electron chi connectivity index (χ0n) is 28.5. The van der Waals surface area contributed by atoms with E-state index in [1.165, 1.54) is 24.7 Å². The number of aliphatic hydroxyl groups is 2. The summed E-state index contributed by atoms with van der Waals surface area (Å²) in [5.74, 6) is 0.142. The molecule has 4 N–H and O–H groups in total. The normalized spacial score (nSPS) is 21.9. The van der Waals surface area contributed by atoms with Gasteiger partial charge in [-0.15, -0.1) is 6.58 Å². The van der Waals surface area contributed by atoms with E-state index in [1.807, 2.05) is 24.3 Å². The van der Waals surface area contributed by atoms with E-state index in [4.69, 9.17) is 23.3 Å². The molecule has 0 spiro atoms. The Labute approximate surface area is 312 Å². The van der Waals surface area contributed by atoms with Gasteiger partial charge in [0.25, 0.3) is 0 Å². The number of unbranched alkanes of at least 4 members (excludes halogenated alkanes) is 2. The molecule has 270 valence electrons. The molecule has 5 rings (SSSR count). The summed E-state index contributed by atoms with van der Waals surface area (Å²) < 4.78 is 48.3. The Morgan fingerprint density at radius 2 is 1.92 bits per heavy atom. The van der Waals surface area contributed by atoms with Crippen molar-refractivity contribution in [2.75, 3.05) is 22.9 Å². The summed E-state index contributed by atoms with van der Waals surface area (Å²) in [5, 5.41) is 27.1. The van der Waals surface area contributed by atoms with E-state index >= 15 is 0 Å². The summed E-state index contributed by atoms with van der Waals surface area (Å²) in [4.78, 5) is 26.2. The summed E-state index contributed by atoms with van der Waals surface area (Å²) in [6.45, 7) is 10.3. The van der Waals surface area contributed by atoms with E-state index in [0.29, 0.717) is 68.0 Å². The second kappa shape index (κ2) is 17.4. The molecular weight excluding hydrogens is 872 g/mol. The number of carbonyl (C=O) groups is 1. The zero-order valence-corrected chi connectivity index (χ0v) is 33.9. The Hall–Kier alpha value is -3.45. The van der Waals surface area contributed by atoms with Crippen LogP contribution < -0.4 is 17.5 Å². The van der Waals surface area contributed by atoms with E-state index in [0.717, 1.165) is 18.2 Å². The number of aromatic nitrogens is 4. The molecule has 17 heteroatoms. The molecule has 2 aromatic carbocycles. The van der Waals surface area contributed by atoms with Crippen molar-refractivity contribution in [3.63, 3.8) is 0 Å². The topological polar surface area (TPSA) is 188 Å². The standard InChI is InChI=1S/C34H42N6O9P.Tl/c1-5-7-9-12-19-46-31(42)22(3)39-50(44,49-25-17-13-15-23-14-10-11-16-24(23)25)47-20-26-28(41)34(4,43)32(48-26)40-21-36-27-29(40)37-33(35)38-30(27)45-18-8-6-2;/h5-6,10-11,13-17,21-22,26,28,32,41,43H,1-2,7-9,12,18-20H2,3-4H3,(H2-,35,37,38,39,44);/q-1;+1/t22-,26?,28+,32?,34+,50?;/m0./s1. The van der Waals surface area contributed by atoms with Gasteiger partial charge >= 0.3 is 193 Å². The van der Waals surface area contributed by atoms with Crippen molar-refractivity contribution >= 4 is 67.7 Å². The Morgan fingerprint density at radius 1 is 1.16 bits per heavy atom. The fraction of sp³-hybridized carbons (Fsp3) is 0.412. The van der Waals surface area contributed by atoms with E-state index in [9.17, 15) is 19.6 Å². The monoisotopic (exact) mass is 914 g/mol. The van der Waals surface area contributed by atoms with Crippen molar-refractivity contribution in [2.24, 2.45) is 0 Å². The summed E-state index contributed by atoms with van der Waals surface area (Å²) in [7, 11) is -4.38. The molecular formula is C34H42N6O9PTl. The number of rotatable bonds is 19. The van der Waals surface area contributed by atoms with Gasteiger partial charge in [0.05, 0.1) is 6.61 Å². The molecule has 0 saturated carbocycles.